The minimum atomic E-state index is -0.108. The summed E-state index contributed by atoms with van der Waals surface area (Å²) in [6.45, 7) is 7.19. The molecular formula is C11H14N2O. The van der Waals surface area contributed by atoms with Crippen LogP contribution in [0, 0.1) is 6.92 Å². The highest BCUT2D eigenvalue weighted by molar-refractivity contribution is 6.03. The molecule has 0 aliphatic rings. The SMILES string of the molecule is C=C(C)C(=O)N(C)c1cccc(C)n1. The summed E-state index contributed by atoms with van der Waals surface area (Å²) < 4.78 is 0. The van der Waals surface area contributed by atoms with E-state index in [1.165, 1.54) is 4.90 Å². The van der Waals surface area contributed by atoms with Gasteiger partial charge in [0.1, 0.15) is 5.82 Å². The zero-order valence-electron chi connectivity index (χ0n) is 8.74. The average molecular weight is 190 g/mol. The molecule has 0 saturated carbocycles. The van der Waals surface area contributed by atoms with Crippen LogP contribution >= 0.6 is 0 Å². The summed E-state index contributed by atoms with van der Waals surface area (Å²) in [6.07, 6.45) is 0. The molecule has 14 heavy (non-hydrogen) atoms. The summed E-state index contributed by atoms with van der Waals surface area (Å²) in [4.78, 5) is 17.3. The number of aromatic nitrogens is 1. The lowest BCUT2D eigenvalue weighted by Gasteiger charge is -2.16. The Morgan fingerprint density at radius 3 is 2.64 bits per heavy atom. The van der Waals surface area contributed by atoms with Gasteiger partial charge < -0.3 is 0 Å². The third kappa shape index (κ3) is 2.19. The van der Waals surface area contributed by atoms with E-state index in [1.807, 2.05) is 19.1 Å². The highest BCUT2D eigenvalue weighted by atomic mass is 16.2. The Hall–Kier alpha value is -1.64. The lowest BCUT2D eigenvalue weighted by Crippen LogP contribution is -2.27. The maximum atomic E-state index is 11.5. The first-order valence-electron chi connectivity index (χ1n) is 4.39. The summed E-state index contributed by atoms with van der Waals surface area (Å²) in [5, 5.41) is 0. The van der Waals surface area contributed by atoms with Crippen LogP contribution in [0.5, 0.6) is 0 Å². The van der Waals surface area contributed by atoms with E-state index in [2.05, 4.69) is 11.6 Å². The summed E-state index contributed by atoms with van der Waals surface area (Å²) >= 11 is 0. The quantitative estimate of drug-likeness (QED) is 0.667. The molecule has 0 atom stereocenters. The molecule has 0 radical (unpaired) electrons. The maximum absolute atomic E-state index is 11.5. The third-order valence-corrected chi connectivity index (χ3v) is 1.89. The largest absolute Gasteiger partial charge is 0.296 e. The van der Waals surface area contributed by atoms with Crippen LogP contribution < -0.4 is 4.90 Å². The highest BCUT2D eigenvalue weighted by Gasteiger charge is 2.11. The van der Waals surface area contributed by atoms with Gasteiger partial charge >= 0.3 is 0 Å². The van der Waals surface area contributed by atoms with Gasteiger partial charge in [0.15, 0.2) is 0 Å². The minimum Gasteiger partial charge on any atom is -0.296 e. The van der Waals surface area contributed by atoms with Crippen LogP contribution in [0.15, 0.2) is 30.4 Å². The van der Waals surface area contributed by atoms with Crippen LogP contribution in [-0.2, 0) is 4.79 Å². The van der Waals surface area contributed by atoms with Crippen molar-refractivity contribution in [3.8, 4) is 0 Å². The molecule has 0 aliphatic heterocycles. The second-order valence-electron chi connectivity index (χ2n) is 3.28. The van der Waals surface area contributed by atoms with Gasteiger partial charge in [-0.15, -0.1) is 0 Å². The molecule has 1 aromatic heterocycles. The first-order valence-corrected chi connectivity index (χ1v) is 4.39. The summed E-state index contributed by atoms with van der Waals surface area (Å²) in [7, 11) is 1.69. The lowest BCUT2D eigenvalue weighted by molar-refractivity contribution is -0.114. The molecular weight excluding hydrogens is 176 g/mol. The molecule has 0 aromatic carbocycles. The fourth-order valence-corrected chi connectivity index (χ4v) is 1.11. The average Bonchev–Trinajstić information content (AvgIpc) is 2.15. The summed E-state index contributed by atoms with van der Waals surface area (Å²) in [5.74, 6) is 0.543. The van der Waals surface area contributed by atoms with Crippen LogP contribution in [0.25, 0.3) is 0 Å². The highest BCUT2D eigenvalue weighted by Crippen LogP contribution is 2.11. The number of anilines is 1. The second-order valence-corrected chi connectivity index (χ2v) is 3.28. The van der Waals surface area contributed by atoms with Crippen LogP contribution in [-0.4, -0.2) is 17.9 Å². The topological polar surface area (TPSA) is 33.2 Å². The lowest BCUT2D eigenvalue weighted by atomic mass is 10.3. The van der Waals surface area contributed by atoms with Gasteiger partial charge in [-0.3, -0.25) is 9.69 Å². The first-order chi connectivity index (χ1) is 6.52. The second kappa shape index (κ2) is 4.05. The van der Waals surface area contributed by atoms with Crippen LogP contribution in [0.3, 0.4) is 0 Å². The number of nitrogens with zero attached hydrogens (tertiary/aromatic N) is 2. The van der Waals surface area contributed by atoms with Gasteiger partial charge in [0, 0.05) is 18.3 Å². The van der Waals surface area contributed by atoms with E-state index in [-0.39, 0.29) is 5.91 Å². The smallest absolute Gasteiger partial charge is 0.254 e. The Labute approximate surface area is 84.1 Å². The van der Waals surface area contributed by atoms with Gasteiger partial charge in [-0.25, -0.2) is 4.98 Å². The normalized spacial score (nSPS) is 9.64. The van der Waals surface area contributed by atoms with Crippen LogP contribution in [0.1, 0.15) is 12.6 Å². The van der Waals surface area contributed by atoms with Crippen molar-refractivity contribution in [3.05, 3.63) is 36.0 Å². The predicted octanol–water partition coefficient (Wildman–Crippen LogP) is 1.93. The zero-order chi connectivity index (χ0) is 10.7. The summed E-state index contributed by atoms with van der Waals surface area (Å²) in [6, 6.07) is 5.57. The minimum absolute atomic E-state index is 0.108. The molecule has 3 heteroatoms. The number of amides is 1. The number of aryl methyl sites for hydroxylation is 1. The molecule has 74 valence electrons. The standard InChI is InChI=1S/C11H14N2O/c1-8(2)11(14)13(4)10-7-5-6-9(3)12-10/h5-7H,1H2,2-4H3. The van der Waals surface area contributed by atoms with Gasteiger partial charge in [-0.1, -0.05) is 12.6 Å². The monoisotopic (exact) mass is 190 g/mol. The number of rotatable bonds is 2. The van der Waals surface area contributed by atoms with Crippen molar-refractivity contribution in [1.29, 1.82) is 0 Å². The molecule has 0 fully saturated rings. The number of hydrogen-bond acceptors (Lipinski definition) is 2. The Bertz CT molecular complexity index is 371. The molecule has 0 aliphatic carbocycles. The first kappa shape index (κ1) is 10.4. The van der Waals surface area contributed by atoms with Crippen molar-refractivity contribution in [2.75, 3.05) is 11.9 Å². The van der Waals surface area contributed by atoms with Gasteiger partial charge in [-0.2, -0.15) is 0 Å². The fourth-order valence-electron chi connectivity index (χ4n) is 1.11. The van der Waals surface area contributed by atoms with Crippen molar-refractivity contribution in [1.82, 2.24) is 4.98 Å². The molecule has 1 aromatic rings. The Morgan fingerprint density at radius 2 is 2.14 bits per heavy atom. The van der Waals surface area contributed by atoms with E-state index in [0.717, 1.165) is 5.69 Å². The van der Waals surface area contributed by atoms with Crippen molar-refractivity contribution in [2.24, 2.45) is 0 Å². The molecule has 1 heterocycles. The van der Waals surface area contributed by atoms with E-state index >= 15 is 0 Å². The molecule has 0 bridgehead atoms. The number of carbonyl (C=O) groups excluding carboxylic acids is 1. The third-order valence-electron chi connectivity index (χ3n) is 1.89. The van der Waals surface area contributed by atoms with Crippen molar-refractivity contribution in [3.63, 3.8) is 0 Å². The molecule has 0 N–H and O–H groups in total. The van der Waals surface area contributed by atoms with Crippen molar-refractivity contribution >= 4 is 11.7 Å². The molecule has 0 spiro atoms. The fraction of sp³-hybridized carbons (Fsp3) is 0.273. The molecule has 1 rings (SSSR count). The number of carbonyl (C=O) groups is 1. The van der Waals surface area contributed by atoms with Gasteiger partial charge in [-0.05, 0) is 26.0 Å². The summed E-state index contributed by atoms with van der Waals surface area (Å²) in [5.41, 5.74) is 1.40. The van der Waals surface area contributed by atoms with E-state index < -0.39 is 0 Å². The van der Waals surface area contributed by atoms with E-state index in [4.69, 9.17) is 0 Å². The van der Waals surface area contributed by atoms with Gasteiger partial charge in [0.2, 0.25) is 0 Å². The Balaban J connectivity index is 2.95. The predicted molar refractivity (Wildman–Crippen MR) is 57.2 cm³/mol. The van der Waals surface area contributed by atoms with Crippen LogP contribution in [0.2, 0.25) is 0 Å². The van der Waals surface area contributed by atoms with Gasteiger partial charge in [0.05, 0.1) is 0 Å². The Kier molecular flexibility index (Phi) is 3.02. The Morgan fingerprint density at radius 1 is 1.50 bits per heavy atom. The number of hydrogen-bond donors (Lipinski definition) is 0. The van der Waals surface area contributed by atoms with E-state index in [9.17, 15) is 4.79 Å². The molecule has 0 unspecified atom stereocenters. The van der Waals surface area contributed by atoms with E-state index in [0.29, 0.717) is 11.4 Å². The molecule has 3 nitrogen and oxygen atoms in total. The maximum Gasteiger partial charge on any atom is 0.254 e. The van der Waals surface area contributed by atoms with Crippen molar-refractivity contribution < 1.29 is 4.79 Å². The number of pyridine rings is 1. The van der Waals surface area contributed by atoms with E-state index in [1.54, 1.807) is 20.0 Å². The zero-order valence-corrected chi connectivity index (χ0v) is 8.74. The molecule has 0 saturated heterocycles. The number of likely N-dealkylation sites (N-methyl/N-ethyl adjacent to an activating group) is 1. The van der Waals surface area contributed by atoms with Gasteiger partial charge in [0.25, 0.3) is 5.91 Å². The molecule has 1 amide bonds. The van der Waals surface area contributed by atoms with Crippen LogP contribution in [0.4, 0.5) is 5.82 Å². The van der Waals surface area contributed by atoms with Crippen molar-refractivity contribution in [2.45, 2.75) is 13.8 Å².